The first-order chi connectivity index (χ1) is 13.7. The molecule has 0 aliphatic carbocycles. The Balaban J connectivity index is 1.45. The number of nitrogens with one attached hydrogen (secondary N) is 1. The van der Waals surface area contributed by atoms with Crippen molar-refractivity contribution >= 4 is 35.2 Å². The van der Waals surface area contributed by atoms with E-state index in [1.165, 1.54) is 10.6 Å². The van der Waals surface area contributed by atoms with Gasteiger partial charge in [0.1, 0.15) is 5.82 Å². The molecule has 2 N–H and O–H groups in total. The maximum atomic E-state index is 11.0. The first-order valence-corrected chi connectivity index (χ1v) is 10.7. The Labute approximate surface area is 169 Å². The zero-order valence-corrected chi connectivity index (χ0v) is 16.8. The quantitative estimate of drug-likeness (QED) is 0.767. The third-order valence-corrected chi connectivity index (χ3v) is 6.22. The zero-order valence-electron chi connectivity index (χ0n) is 16.0. The van der Waals surface area contributed by atoms with Crippen molar-refractivity contribution in [3.8, 4) is 0 Å². The van der Waals surface area contributed by atoms with Crippen LogP contribution in [0.5, 0.6) is 0 Å². The molecule has 3 heterocycles. The largest absolute Gasteiger partial charge is 0.478 e. The topological polar surface area (TPSA) is 81.6 Å². The Morgan fingerprint density at radius 1 is 1.14 bits per heavy atom. The van der Waals surface area contributed by atoms with Crippen LogP contribution in [0.15, 0.2) is 29.2 Å². The van der Waals surface area contributed by atoms with E-state index >= 15 is 0 Å². The van der Waals surface area contributed by atoms with Crippen LogP contribution in [0, 0.1) is 0 Å². The van der Waals surface area contributed by atoms with Crippen LogP contribution >= 0.6 is 11.8 Å². The number of aromatic carboxylic acids is 1. The second-order valence-electron chi connectivity index (χ2n) is 7.00. The number of carboxylic acids is 1. The first kappa shape index (κ1) is 18.9. The highest BCUT2D eigenvalue weighted by molar-refractivity contribution is 7.99. The molecule has 2 aliphatic heterocycles. The van der Waals surface area contributed by atoms with Gasteiger partial charge in [0, 0.05) is 50.6 Å². The van der Waals surface area contributed by atoms with Gasteiger partial charge in [-0.1, -0.05) is 6.92 Å². The number of hydrogen-bond acceptors (Lipinski definition) is 7. The highest BCUT2D eigenvalue weighted by atomic mass is 32.2. The molecule has 2 aromatic rings. The summed E-state index contributed by atoms with van der Waals surface area (Å²) in [6, 6.07) is 7.10. The van der Waals surface area contributed by atoms with E-state index in [9.17, 15) is 4.79 Å². The van der Waals surface area contributed by atoms with E-state index in [0.29, 0.717) is 5.56 Å². The van der Waals surface area contributed by atoms with Gasteiger partial charge in [-0.15, -0.1) is 11.8 Å². The summed E-state index contributed by atoms with van der Waals surface area (Å²) in [6.45, 7) is 6.49. The summed E-state index contributed by atoms with van der Waals surface area (Å²) in [6.07, 6.45) is 2.07. The number of carboxylic acid groups (broad SMARTS) is 1. The lowest BCUT2D eigenvalue weighted by Gasteiger charge is -2.36. The molecule has 1 aromatic carbocycles. The van der Waals surface area contributed by atoms with Gasteiger partial charge in [-0.3, -0.25) is 0 Å². The van der Waals surface area contributed by atoms with Gasteiger partial charge in [0.25, 0.3) is 0 Å². The van der Waals surface area contributed by atoms with Gasteiger partial charge in [0.15, 0.2) is 0 Å². The number of piperazine rings is 1. The van der Waals surface area contributed by atoms with E-state index in [0.717, 1.165) is 68.8 Å². The maximum Gasteiger partial charge on any atom is 0.335 e. The fourth-order valence-corrected chi connectivity index (χ4v) is 4.61. The van der Waals surface area contributed by atoms with Crippen molar-refractivity contribution in [2.24, 2.45) is 0 Å². The molecule has 1 saturated heterocycles. The van der Waals surface area contributed by atoms with Crippen LogP contribution < -0.4 is 15.1 Å². The smallest absolute Gasteiger partial charge is 0.335 e. The van der Waals surface area contributed by atoms with Crippen LogP contribution in [0.1, 0.15) is 29.4 Å². The van der Waals surface area contributed by atoms with E-state index in [4.69, 9.17) is 15.1 Å². The molecule has 7 nitrogen and oxygen atoms in total. The molecule has 0 radical (unpaired) electrons. The fourth-order valence-electron chi connectivity index (χ4n) is 3.54. The zero-order chi connectivity index (χ0) is 19.5. The monoisotopic (exact) mass is 399 g/mol. The third-order valence-electron chi connectivity index (χ3n) is 5.09. The Morgan fingerprint density at radius 2 is 1.86 bits per heavy atom. The van der Waals surface area contributed by atoms with Gasteiger partial charge in [-0.05, 0) is 30.7 Å². The second-order valence-corrected chi connectivity index (χ2v) is 8.10. The molecule has 2 aliphatic rings. The van der Waals surface area contributed by atoms with Crippen molar-refractivity contribution in [1.29, 1.82) is 0 Å². The van der Waals surface area contributed by atoms with Crippen molar-refractivity contribution in [3.05, 3.63) is 35.5 Å². The van der Waals surface area contributed by atoms with E-state index < -0.39 is 5.97 Å². The number of rotatable bonds is 6. The standard InChI is InChI=1S/C20H25N5O2S/c1-2-8-21-18-17-16(7-13-28-17)22-20(23-18)25-11-9-24(10-12-25)15-5-3-14(4-6-15)19(26)27/h3-6H,2,7-13H2,1H3,(H,26,27)(H,21,22,23). The molecule has 0 atom stereocenters. The molecule has 0 spiro atoms. The van der Waals surface area contributed by atoms with Gasteiger partial charge in [-0.2, -0.15) is 4.98 Å². The Bertz CT molecular complexity index is 850. The molecule has 4 rings (SSSR count). The summed E-state index contributed by atoms with van der Waals surface area (Å²) < 4.78 is 0. The van der Waals surface area contributed by atoms with E-state index in [-0.39, 0.29) is 0 Å². The normalized spacial score (nSPS) is 16.2. The number of aromatic nitrogens is 2. The van der Waals surface area contributed by atoms with Crippen molar-refractivity contribution in [2.45, 2.75) is 24.7 Å². The Morgan fingerprint density at radius 3 is 2.54 bits per heavy atom. The molecule has 0 saturated carbocycles. The minimum Gasteiger partial charge on any atom is -0.478 e. The third kappa shape index (κ3) is 3.87. The van der Waals surface area contributed by atoms with Crippen LogP contribution in [0.3, 0.4) is 0 Å². The number of aryl methyl sites for hydroxylation is 1. The maximum absolute atomic E-state index is 11.0. The lowest BCUT2D eigenvalue weighted by molar-refractivity contribution is 0.0697. The summed E-state index contributed by atoms with van der Waals surface area (Å²) in [7, 11) is 0. The number of carbonyl (C=O) groups is 1. The van der Waals surface area contributed by atoms with Crippen molar-refractivity contribution in [3.63, 3.8) is 0 Å². The Hall–Kier alpha value is -2.48. The molecule has 1 aromatic heterocycles. The summed E-state index contributed by atoms with van der Waals surface area (Å²) in [5, 5.41) is 12.5. The molecule has 0 unspecified atom stereocenters. The average molecular weight is 400 g/mol. The van der Waals surface area contributed by atoms with Gasteiger partial charge in [-0.25, -0.2) is 9.78 Å². The second kappa shape index (κ2) is 8.26. The summed E-state index contributed by atoms with van der Waals surface area (Å²) in [5.74, 6) is 1.99. The van der Waals surface area contributed by atoms with Crippen molar-refractivity contribution < 1.29 is 9.90 Å². The lowest BCUT2D eigenvalue weighted by atomic mass is 10.2. The van der Waals surface area contributed by atoms with Crippen molar-refractivity contribution in [1.82, 2.24) is 9.97 Å². The number of thioether (sulfide) groups is 1. The van der Waals surface area contributed by atoms with Crippen LogP contribution in [0.4, 0.5) is 17.5 Å². The predicted molar refractivity (Wildman–Crippen MR) is 113 cm³/mol. The number of anilines is 3. The number of nitrogens with zero attached hydrogens (tertiary/aromatic N) is 4. The van der Waals surface area contributed by atoms with Crippen LogP contribution in [-0.4, -0.2) is 59.5 Å². The number of fused-ring (bicyclic) bond motifs is 1. The molecule has 8 heteroatoms. The van der Waals surface area contributed by atoms with Crippen molar-refractivity contribution in [2.75, 3.05) is 53.6 Å². The van der Waals surface area contributed by atoms with Crippen LogP contribution in [0.2, 0.25) is 0 Å². The first-order valence-electron chi connectivity index (χ1n) is 9.76. The van der Waals surface area contributed by atoms with Gasteiger partial charge < -0.3 is 20.2 Å². The SMILES string of the molecule is CCCNc1nc(N2CCN(c3ccc(C(=O)O)cc3)CC2)nc2c1SCC2. The minimum atomic E-state index is -0.893. The summed E-state index contributed by atoms with van der Waals surface area (Å²) >= 11 is 1.85. The average Bonchev–Trinajstić information content (AvgIpc) is 3.21. The molecular weight excluding hydrogens is 374 g/mol. The van der Waals surface area contributed by atoms with Crippen LogP contribution in [0.25, 0.3) is 0 Å². The molecule has 1 fully saturated rings. The number of benzene rings is 1. The summed E-state index contributed by atoms with van der Waals surface area (Å²) in [5.41, 5.74) is 2.54. The van der Waals surface area contributed by atoms with Gasteiger partial charge in [0.05, 0.1) is 16.2 Å². The highest BCUT2D eigenvalue weighted by Crippen LogP contribution is 2.36. The molecular formula is C20H25N5O2S. The van der Waals surface area contributed by atoms with E-state index in [2.05, 4.69) is 22.0 Å². The Kier molecular flexibility index (Phi) is 5.57. The molecule has 148 valence electrons. The number of hydrogen-bond donors (Lipinski definition) is 2. The summed E-state index contributed by atoms with van der Waals surface area (Å²) in [4.78, 5) is 26.4. The van der Waals surface area contributed by atoms with E-state index in [1.807, 2.05) is 23.9 Å². The predicted octanol–water partition coefficient (Wildman–Crippen LogP) is 2.97. The van der Waals surface area contributed by atoms with Gasteiger partial charge >= 0.3 is 5.97 Å². The molecule has 0 bridgehead atoms. The van der Waals surface area contributed by atoms with Crippen LogP contribution in [-0.2, 0) is 6.42 Å². The molecule has 0 amide bonds. The molecule has 28 heavy (non-hydrogen) atoms. The minimum absolute atomic E-state index is 0.318. The highest BCUT2D eigenvalue weighted by Gasteiger charge is 2.24. The van der Waals surface area contributed by atoms with E-state index in [1.54, 1.807) is 12.1 Å². The van der Waals surface area contributed by atoms with Gasteiger partial charge in [0.2, 0.25) is 5.95 Å². The fraction of sp³-hybridized carbons (Fsp3) is 0.450. The lowest BCUT2D eigenvalue weighted by Crippen LogP contribution is -2.47.